The Labute approximate surface area is 123 Å². The van der Waals surface area contributed by atoms with E-state index in [9.17, 15) is 4.79 Å². The fourth-order valence-electron chi connectivity index (χ4n) is 1.92. The molecule has 1 aromatic rings. The molecular weight excluding hydrogens is 272 g/mol. The lowest BCUT2D eigenvalue weighted by atomic mass is 10.1. The third-order valence-corrected chi connectivity index (χ3v) is 3.33. The molecule has 0 spiro atoms. The summed E-state index contributed by atoms with van der Waals surface area (Å²) in [5, 5.41) is 3.48. The van der Waals surface area contributed by atoms with E-state index in [1.54, 1.807) is 13.2 Å². The van der Waals surface area contributed by atoms with Crippen LogP contribution >= 0.6 is 12.2 Å². The molecule has 1 N–H and O–H groups in total. The SMILES string of the molecule is C=CCN1C(=O)C(=Cc2ccc(OC)cc2)CNC1=S. The molecule has 1 aliphatic heterocycles. The van der Waals surface area contributed by atoms with E-state index < -0.39 is 0 Å². The maximum Gasteiger partial charge on any atom is 0.258 e. The van der Waals surface area contributed by atoms with Crippen molar-refractivity contribution in [3.05, 3.63) is 48.1 Å². The van der Waals surface area contributed by atoms with Crippen LogP contribution in [0.2, 0.25) is 0 Å². The van der Waals surface area contributed by atoms with E-state index in [2.05, 4.69) is 11.9 Å². The summed E-state index contributed by atoms with van der Waals surface area (Å²) >= 11 is 5.12. The topological polar surface area (TPSA) is 41.6 Å². The van der Waals surface area contributed by atoms with Gasteiger partial charge >= 0.3 is 0 Å². The highest BCUT2D eigenvalue weighted by Gasteiger charge is 2.25. The Kier molecular flexibility index (Phi) is 4.53. The van der Waals surface area contributed by atoms with Crippen LogP contribution in [-0.2, 0) is 4.79 Å². The van der Waals surface area contributed by atoms with Crippen molar-refractivity contribution < 1.29 is 9.53 Å². The molecule has 1 saturated heterocycles. The zero-order valence-corrected chi connectivity index (χ0v) is 12.1. The second-order valence-corrected chi connectivity index (χ2v) is 4.69. The lowest BCUT2D eigenvalue weighted by Crippen LogP contribution is -2.51. The number of benzene rings is 1. The highest BCUT2D eigenvalue weighted by molar-refractivity contribution is 7.80. The molecule has 0 bridgehead atoms. The number of rotatable bonds is 4. The van der Waals surface area contributed by atoms with Crippen LogP contribution in [0.1, 0.15) is 5.56 Å². The number of carbonyl (C=O) groups is 1. The van der Waals surface area contributed by atoms with Crippen molar-refractivity contribution in [1.29, 1.82) is 0 Å². The Morgan fingerprint density at radius 2 is 2.15 bits per heavy atom. The van der Waals surface area contributed by atoms with E-state index in [4.69, 9.17) is 17.0 Å². The zero-order valence-electron chi connectivity index (χ0n) is 11.3. The van der Waals surface area contributed by atoms with Crippen LogP contribution in [-0.4, -0.2) is 36.1 Å². The van der Waals surface area contributed by atoms with Crippen LogP contribution in [0.4, 0.5) is 0 Å². The third-order valence-electron chi connectivity index (χ3n) is 2.96. The van der Waals surface area contributed by atoms with Crippen LogP contribution in [0.3, 0.4) is 0 Å². The normalized spacial score (nSPS) is 17.1. The largest absolute Gasteiger partial charge is 0.497 e. The Hall–Kier alpha value is -2.14. The standard InChI is InChI=1S/C15H16N2O2S/c1-3-8-17-14(18)12(10-16-15(17)20)9-11-4-6-13(19-2)7-5-11/h3-7,9H,1,8,10H2,2H3,(H,16,20). The molecule has 1 aliphatic rings. The first kappa shape index (κ1) is 14.3. The average Bonchev–Trinajstić information content (AvgIpc) is 2.47. The number of nitrogens with one attached hydrogen (secondary N) is 1. The Morgan fingerprint density at radius 1 is 1.45 bits per heavy atom. The van der Waals surface area contributed by atoms with E-state index in [1.807, 2.05) is 30.3 Å². The summed E-state index contributed by atoms with van der Waals surface area (Å²) in [6.45, 7) is 4.49. The molecule has 1 fully saturated rings. The predicted octanol–water partition coefficient (Wildman–Crippen LogP) is 1.98. The van der Waals surface area contributed by atoms with Crippen molar-refractivity contribution in [3.63, 3.8) is 0 Å². The maximum absolute atomic E-state index is 12.3. The van der Waals surface area contributed by atoms with Gasteiger partial charge in [0.15, 0.2) is 5.11 Å². The number of thiocarbonyl (C=S) groups is 1. The minimum Gasteiger partial charge on any atom is -0.497 e. The van der Waals surface area contributed by atoms with Gasteiger partial charge in [-0.2, -0.15) is 0 Å². The van der Waals surface area contributed by atoms with Gasteiger partial charge in [-0.05, 0) is 36.0 Å². The van der Waals surface area contributed by atoms with E-state index in [0.717, 1.165) is 11.3 Å². The Morgan fingerprint density at radius 3 is 2.75 bits per heavy atom. The molecule has 0 radical (unpaired) electrons. The molecule has 4 nitrogen and oxygen atoms in total. The van der Waals surface area contributed by atoms with Crippen molar-refractivity contribution in [2.45, 2.75) is 0 Å². The van der Waals surface area contributed by atoms with Crippen LogP contribution in [0, 0.1) is 0 Å². The van der Waals surface area contributed by atoms with Gasteiger partial charge in [-0.15, -0.1) is 6.58 Å². The lowest BCUT2D eigenvalue weighted by Gasteiger charge is -2.29. The number of carbonyl (C=O) groups excluding carboxylic acids is 1. The summed E-state index contributed by atoms with van der Waals surface area (Å²) in [6.07, 6.45) is 3.51. The van der Waals surface area contributed by atoms with E-state index >= 15 is 0 Å². The smallest absolute Gasteiger partial charge is 0.258 e. The van der Waals surface area contributed by atoms with Gasteiger partial charge in [-0.25, -0.2) is 0 Å². The molecule has 0 unspecified atom stereocenters. The number of nitrogens with zero attached hydrogens (tertiary/aromatic N) is 1. The predicted molar refractivity (Wildman–Crippen MR) is 83.5 cm³/mol. The second-order valence-electron chi connectivity index (χ2n) is 4.31. The van der Waals surface area contributed by atoms with Crippen molar-refractivity contribution in [2.24, 2.45) is 0 Å². The summed E-state index contributed by atoms with van der Waals surface area (Å²) in [4.78, 5) is 13.8. The highest BCUT2D eigenvalue weighted by atomic mass is 32.1. The molecule has 0 aliphatic carbocycles. The summed E-state index contributed by atoms with van der Waals surface area (Å²) < 4.78 is 5.11. The lowest BCUT2D eigenvalue weighted by molar-refractivity contribution is -0.123. The van der Waals surface area contributed by atoms with Crippen LogP contribution in [0.15, 0.2) is 42.5 Å². The Balaban J connectivity index is 2.22. The number of methoxy groups -OCH3 is 1. The Bertz CT molecular complexity index is 564. The van der Waals surface area contributed by atoms with Crippen LogP contribution < -0.4 is 10.1 Å². The summed E-state index contributed by atoms with van der Waals surface area (Å²) in [6, 6.07) is 7.53. The molecule has 0 saturated carbocycles. The average molecular weight is 288 g/mol. The number of amides is 1. The fourth-order valence-corrected chi connectivity index (χ4v) is 2.15. The first-order valence-electron chi connectivity index (χ1n) is 6.21. The van der Waals surface area contributed by atoms with Crippen LogP contribution in [0.5, 0.6) is 5.75 Å². The summed E-state index contributed by atoms with van der Waals surface area (Å²) in [5.74, 6) is 0.708. The van der Waals surface area contributed by atoms with Gasteiger partial charge < -0.3 is 10.1 Å². The second kappa shape index (κ2) is 6.34. The van der Waals surface area contributed by atoms with Crippen molar-refractivity contribution in [2.75, 3.05) is 20.2 Å². The molecular formula is C15H16N2O2S. The molecule has 0 atom stereocenters. The van der Waals surface area contributed by atoms with Crippen molar-refractivity contribution in [1.82, 2.24) is 10.2 Å². The highest BCUT2D eigenvalue weighted by Crippen LogP contribution is 2.16. The summed E-state index contributed by atoms with van der Waals surface area (Å²) in [5.41, 5.74) is 1.62. The number of hydrogen-bond donors (Lipinski definition) is 1. The number of ether oxygens (including phenoxy) is 1. The van der Waals surface area contributed by atoms with E-state index in [1.165, 1.54) is 4.90 Å². The molecule has 0 aromatic heterocycles. The van der Waals surface area contributed by atoms with Gasteiger partial charge in [0.2, 0.25) is 0 Å². The first-order valence-corrected chi connectivity index (χ1v) is 6.61. The molecule has 20 heavy (non-hydrogen) atoms. The molecule has 1 amide bonds. The minimum absolute atomic E-state index is 0.0792. The quantitative estimate of drug-likeness (QED) is 0.522. The fraction of sp³-hybridized carbons (Fsp3) is 0.200. The summed E-state index contributed by atoms with van der Waals surface area (Å²) in [7, 11) is 1.62. The molecule has 5 heteroatoms. The van der Waals surface area contributed by atoms with Crippen LogP contribution in [0.25, 0.3) is 6.08 Å². The zero-order chi connectivity index (χ0) is 14.5. The van der Waals surface area contributed by atoms with Gasteiger partial charge in [0.1, 0.15) is 5.75 Å². The van der Waals surface area contributed by atoms with E-state index in [-0.39, 0.29) is 5.91 Å². The monoisotopic (exact) mass is 288 g/mol. The van der Waals surface area contributed by atoms with E-state index in [0.29, 0.717) is 23.8 Å². The van der Waals surface area contributed by atoms with Gasteiger partial charge in [-0.1, -0.05) is 18.2 Å². The van der Waals surface area contributed by atoms with Gasteiger partial charge in [0.05, 0.1) is 7.11 Å². The molecule has 104 valence electrons. The minimum atomic E-state index is -0.0792. The van der Waals surface area contributed by atoms with Gasteiger partial charge in [0, 0.05) is 18.7 Å². The van der Waals surface area contributed by atoms with Gasteiger partial charge in [0.25, 0.3) is 5.91 Å². The van der Waals surface area contributed by atoms with Crippen molar-refractivity contribution >= 4 is 29.3 Å². The maximum atomic E-state index is 12.3. The molecule has 2 rings (SSSR count). The molecule has 1 heterocycles. The van der Waals surface area contributed by atoms with Gasteiger partial charge in [-0.3, -0.25) is 9.69 Å². The first-order chi connectivity index (χ1) is 9.65. The third kappa shape index (κ3) is 3.05. The molecule has 1 aromatic carbocycles. The van der Waals surface area contributed by atoms with Crippen molar-refractivity contribution in [3.8, 4) is 5.75 Å². The number of hydrogen-bond acceptors (Lipinski definition) is 3.